The summed E-state index contributed by atoms with van der Waals surface area (Å²) in [6, 6.07) is 5.88. The quantitative estimate of drug-likeness (QED) is 0.687. The van der Waals surface area contributed by atoms with Crippen molar-refractivity contribution in [1.82, 2.24) is 10.2 Å². The highest BCUT2D eigenvalue weighted by Gasteiger charge is 2.46. The molecule has 8 heteroatoms. The maximum absolute atomic E-state index is 12.2. The normalized spacial score (nSPS) is 16.2. The average molecular weight is 319 g/mol. The molecule has 122 valence electrons. The predicted octanol–water partition coefficient (Wildman–Crippen LogP) is 0.583. The lowest BCUT2D eigenvalue weighted by Crippen LogP contribution is -2.47. The molecule has 2 rings (SSSR count). The Morgan fingerprint density at radius 3 is 2.48 bits per heavy atom. The number of anilines is 1. The van der Waals surface area contributed by atoms with E-state index in [4.69, 9.17) is 5.11 Å². The van der Waals surface area contributed by atoms with Crippen molar-refractivity contribution < 1.29 is 24.3 Å². The second kappa shape index (κ2) is 6.07. The molecule has 8 nitrogen and oxygen atoms in total. The second-order valence-electron chi connectivity index (χ2n) is 5.68. The number of aliphatic carboxylic acids is 1. The van der Waals surface area contributed by atoms with Crippen molar-refractivity contribution in [2.75, 3.05) is 11.9 Å². The molecule has 0 bridgehead atoms. The summed E-state index contributed by atoms with van der Waals surface area (Å²) in [5, 5.41) is 13.6. The van der Waals surface area contributed by atoms with Crippen LogP contribution in [0, 0.1) is 0 Å². The van der Waals surface area contributed by atoms with Crippen LogP contribution in [-0.2, 0) is 20.8 Å². The van der Waals surface area contributed by atoms with Gasteiger partial charge >= 0.3 is 12.0 Å². The number of carboxylic acid groups (broad SMARTS) is 1. The van der Waals surface area contributed by atoms with Gasteiger partial charge in [-0.25, -0.2) is 4.79 Å². The molecule has 23 heavy (non-hydrogen) atoms. The fourth-order valence-electron chi connectivity index (χ4n) is 2.26. The summed E-state index contributed by atoms with van der Waals surface area (Å²) in [6.45, 7) is 2.77. The molecule has 4 amide bonds. The number of hydrogen-bond acceptors (Lipinski definition) is 4. The minimum Gasteiger partial charge on any atom is -0.481 e. The molecule has 1 saturated heterocycles. The van der Waals surface area contributed by atoms with Gasteiger partial charge in [0, 0.05) is 5.69 Å². The van der Waals surface area contributed by atoms with Crippen LogP contribution in [-0.4, -0.2) is 45.9 Å². The molecule has 0 unspecified atom stereocenters. The average Bonchev–Trinajstić information content (AvgIpc) is 2.63. The summed E-state index contributed by atoms with van der Waals surface area (Å²) < 4.78 is 0. The molecule has 1 aliphatic heterocycles. The van der Waals surface area contributed by atoms with Gasteiger partial charge in [-0.2, -0.15) is 0 Å². The molecule has 0 spiro atoms. The van der Waals surface area contributed by atoms with Gasteiger partial charge in [0.05, 0.1) is 6.42 Å². The fraction of sp³-hybridized carbons (Fsp3) is 0.333. The molecule has 0 saturated carbocycles. The second-order valence-corrected chi connectivity index (χ2v) is 5.68. The number of nitrogens with zero attached hydrogens (tertiary/aromatic N) is 1. The van der Waals surface area contributed by atoms with Gasteiger partial charge in [-0.3, -0.25) is 19.7 Å². The number of nitrogens with one attached hydrogen (secondary N) is 2. The third-order valence-corrected chi connectivity index (χ3v) is 3.63. The summed E-state index contributed by atoms with van der Waals surface area (Å²) in [5.74, 6) is -2.00. The Hall–Kier alpha value is -2.90. The zero-order valence-corrected chi connectivity index (χ0v) is 12.8. The number of imide groups is 1. The van der Waals surface area contributed by atoms with Gasteiger partial charge < -0.3 is 15.3 Å². The van der Waals surface area contributed by atoms with E-state index in [1.165, 1.54) is 0 Å². The third-order valence-electron chi connectivity index (χ3n) is 3.63. The summed E-state index contributed by atoms with van der Waals surface area (Å²) in [6.07, 6.45) is -0.232. The van der Waals surface area contributed by atoms with Gasteiger partial charge in [-0.05, 0) is 25.5 Å². The number of carbonyl (C=O) groups is 4. The van der Waals surface area contributed by atoms with E-state index in [9.17, 15) is 19.2 Å². The molecule has 1 aromatic carbocycles. The van der Waals surface area contributed by atoms with Crippen LogP contribution < -0.4 is 10.6 Å². The Labute approximate surface area is 132 Å². The number of hydrogen-bond donors (Lipinski definition) is 3. The van der Waals surface area contributed by atoms with Crippen LogP contribution in [0.15, 0.2) is 24.3 Å². The van der Waals surface area contributed by atoms with E-state index in [1.807, 2.05) is 0 Å². The number of rotatable bonds is 5. The number of urea groups is 1. The van der Waals surface area contributed by atoms with E-state index in [1.54, 1.807) is 38.1 Å². The molecule has 0 aliphatic carbocycles. The Balaban J connectivity index is 2.10. The Morgan fingerprint density at radius 1 is 1.26 bits per heavy atom. The maximum atomic E-state index is 12.2. The number of carbonyl (C=O) groups excluding carboxylic acids is 3. The van der Waals surface area contributed by atoms with Gasteiger partial charge in [0.25, 0.3) is 5.91 Å². The topological polar surface area (TPSA) is 116 Å². The maximum Gasteiger partial charge on any atom is 0.325 e. The lowest BCUT2D eigenvalue weighted by Gasteiger charge is -2.27. The zero-order valence-electron chi connectivity index (χ0n) is 12.8. The van der Waals surface area contributed by atoms with Crippen molar-refractivity contribution in [2.45, 2.75) is 25.8 Å². The smallest absolute Gasteiger partial charge is 0.325 e. The van der Waals surface area contributed by atoms with Gasteiger partial charge in [0.15, 0.2) is 0 Å². The van der Waals surface area contributed by atoms with E-state index in [2.05, 4.69) is 10.6 Å². The highest BCUT2D eigenvalue weighted by molar-refractivity contribution is 6.08. The number of benzene rings is 1. The van der Waals surface area contributed by atoms with Crippen LogP contribution in [0.5, 0.6) is 0 Å². The lowest BCUT2D eigenvalue weighted by molar-refractivity contribution is -0.136. The van der Waals surface area contributed by atoms with Crippen LogP contribution in [0.2, 0.25) is 0 Å². The van der Waals surface area contributed by atoms with Crippen LogP contribution in [0.25, 0.3) is 0 Å². The van der Waals surface area contributed by atoms with Crippen molar-refractivity contribution in [1.29, 1.82) is 0 Å². The van der Waals surface area contributed by atoms with Crippen LogP contribution in [0.4, 0.5) is 10.5 Å². The van der Waals surface area contributed by atoms with Gasteiger partial charge in [0.1, 0.15) is 12.1 Å². The van der Waals surface area contributed by atoms with Crippen molar-refractivity contribution in [3.05, 3.63) is 29.8 Å². The lowest BCUT2D eigenvalue weighted by atomic mass is 10.0. The molecule has 0 aromatic heterocycles. The Morgan fingerprint density at radius 2 is 1.91 bits per heavy atom. The molecule has 1 heterocycles. The summed E-state index contributed by atoms with van der Waals surface area (Å²) >= 11 is 0. The molecule has 1 fully saturated rings. The van der Waals surface area contributed by atoms with E-state index in [0.29, 0.717) is 11.3 Å². The molecular weight excluding hydrogens is 302 g/mol. The highest BCUT2D eigenvalue weighted by atomic mass is 16.4. The van der Waals surface area contributed by atoms with Crippen LogP contribution in [0.3, 0.4) is 0 Å². The Kier molecular flexibility index (Phi) is 4.35. The fourth-order valence-corrected chi connectivity index (χ4v) is 2.26. The minimum atomic E-state index is -1.12. The number of para-hydroxylation sites is 1. The van der Waals surface area contributed by atoms with E-state index >= 15 is 0 Å². The largest absolute Gasteiger partial charge is 0.481 e. The monoisotopic (exact) mass is 319 g/mol. The summed E-state index contributed by atoms with van der Waals surface area (Å²) in [7, 11) is 0. The van der Waals surface area contributed by atoms with E-state index in [0.717, 1.165) is 4.90 Å². The number of carboxylic acids is 1. The molecule has 0 atom stereocenters. The third kappa shape index (κ3) is 3.47. The van der Waals surface area contributed by atoms with Crippen molar-refractivity contribution >= 4 is 29.5 Å². The van der Waals surface area contributed by atoms with Gasteiger partial charge in [-0.1, -0.05) is 18.2 Å². The van der Waals surface area contributed by atoms with Crippen LogP contribution >= 0.6 is 0 Å². The highest BCUT2D eigenvalue weighted by Crippen LogP contribution is 2.21. The zero-order chi connectivity index (χ0) is 17.2. The standard InChI is InChI=1S/C15H17N3O5/c1-15(2)13(22)17-14(23)18(15)8-11(19)16-10-6-4-3-5-9(10)7-12(20)21/h3-6H,7-8H2,1-2H3,(H,16,19)(H,20,21)(H,17,22,23). The molecule has 0 radical (unpaired) electrons. The van der Waals surface area contributed by atoms with Crippen molar-refractivity contribution in [3.63, 3.8) is 0 Å². The summed E-state index contributed by atoms with van der Waals surface area (Å²) in [4.78, 5) is 47.5. The first-order valence-corrected chi connectivity index (χ1v) is 6.94. The van der Waals surface area contributed by atoms with Gasteiger partial charge in [0.2, 0.25) is 5.91 Å². The first-order chi connectivity index (χ1) is 10.7. The molecule has 1 aliphatic rings. The van der Waals surface area contributed by atoms with Crippen molar-refractivity contribution in [3.8, 4) is 0 Å². The van der Waals surface area contributed by atoms with E-state index < -0.39 is 29.4 Å². The SMILES string of the molecule is CC1(C)C(=O)NC(=O)N1CC(=O)Nc1ccccc1CC(=O)O. The molecule has 1 aromatic rings. The minimum absolute atomic E-state index is 0.232. The van der Waals surface area contributed by atoms with E-state index in [-0.39, 0.29) is 13.0 Å². The first-order valence-electron chi connectivity index (χ1n) is 6.94. The van der Waals surface area contributed by atoms with Crippen molar-refractivity contribution in [2.24, 2.45) is 0 Å². The molecular formula is C15H17N3O5. The number of amides is 4. The molecule has 3 N–H and O–H groups in total. The predicted molar refractivity (Wildman–Crippen MR) is 80.7 cm³/mol. The Bertz CT molecular complexity index is 683. The van der Waals surface area contributed by atoms with Gasteiger partial charge in [-0.15, -0.1) is 0 Å². The van der Waals surface area contributed by atoms with Crippen LogP contribution in [0.1, 0.15) is 19.4 Å². The first kappa shape index (κ1) is 16.5. The summed E-state index contributed by atoms with van der Waals surface area (Å²) in [5.41, 5.74) is -0.298.